The maximum absolute atomic E-state index is 5.62. The summed E-state index contributed by atoms with van der Waals surface area (Å²) in [5.41, 5.74) is 0. The maximum Gasteiger partial charge on any atom is 0.229 e. The lowest BCUT2D eigenvalue weighted by Gasteiger charge is -2.20. The highest BCUT2D eigenvalue weighted by molar-refractivity contribution is 5.07. The molecule has 3 aliphatic rings. The SMILES string of the molecule is C1COC(c2noc(C3CC4CC4C3)n2)CN1. The van der Waals surface area contributed by atoms with Crippen molar-refractivity contribution in [3.63, 3.8) is 0 Å². The molecule has 4 rings (SSSR count). The largest absolute Gasteiger partial charge is 0.367 e. The molecule has 2 aliphatic carbocycles. The first-order valence-corrected chi connectivity index (χ1v) is 6.56. The Kier molecular flexibility index (Phi) is 2.23. The molecule has 0 aromatic carbocycles. The molecule has 2 saturated carbocycles. The van der Waals surface area contributed by atoms with E-state index in [4.69, 9.17) is 9.26 Å². The van der Waals surface area contributed by atoms with Crippen LogP contribution in [0, 0.1) is 11.8 Å². The molecule has 3 atom stereocenters. The molecule has 5 nitrogen and oxygen atoms in total. The van der Waals surface area contributed by atoms with E-state index < -0.39 is 0 Å². The number of fused-ring (bicyclic) bond motifs is 1. The Morgan fingerprint density at radius 1 is 1.18 bits per heavy atom. The van der Waals surface area contributed by atoms with Gasteiger partial charge < -0.3 is 14.6 Å². The van der Waals surface area contributed by atoms with Gasteiger partial charge in [-0.3, -0.25) is 0 Å². The van der Waals surface area contributed by atoms with Gasteiger partial charge in [0.25, 0.3) is 0 Å². The highest BCUT2D eigenvalue weighted by Crippen LogP contribution is 2.57. The fourth-order valence-electron chi connectivity index (χ4n) is 3.19. The highest BCUT2D eigenvalue weighted by atomic mass is 16.5. The predicted octanol–water partition coefficient (Wildman–Crippen LogP) is 1.24. The van der Waals surface area contributed by atoms with Gasteiger partial charge >= 0.3 is 0 Å². The summed E-state index contributed by atoms with van der Waals surface area (Å²) in [6.45, 7) is 2.42. The fourth-order valence-corrected chi connectivity index (χ4v) is 3.19. The number of ether oxygens (including phenoxy) is 1. The Balaban J connectivity index is 1.48. The molecule has 1 saturated heterocycles. The van der Waals surface area contributed by atoms with Crippen molar-refractivity contribution in [1.29, 1.82) is 0 Å². The minimum absolute atomic E-state index is 0.0304. The third-order valence-corrected chi connectivity index (χ3v) is 4.27. The van der Waals surface area contributed by atoms with Crippen LogP contribution in [0.4, 0.5) is 0 Å². The molecule has 1 aromatic heterocycles. The second kappa shape index (κ2) is 3.78. The van der Waals surface area contributed by atoms with Gasteiger partial charge in [0.15, 0.2) is 0 Å². The molecule has 2 heterocycles. The number of nitrogens with one attached hydrogen (secondary N) is 1. The molecule has 3 unspecified atom stereocenters. The molecule has 0 bridgehead atoms. The zero-order chi connectivity index (χ0) is 11.2. The van der Waals surface area contributed by atoms with Crippen LogP contribution >= 0.6 is 0 Å². The van der Waals surface area contributed by atoms with E-state index in [1.807, 2.05) is 0 Å². The molecule has 0 amide bonds. The summed E-state index contributed by atoms with van der Waals surface area (Å²) in [6, 6.07) is 0. The lowest BCUT2D eigenvalue weighted by atomic mass is 10.0. The van der Waals surface area contributed by atoms with E-state index in [2.05, 4.69) is 15.5 Å². The average molecular weight is 235 g/mol. The summed E-state index contributed by atoms with van der Waals surface area (Å²) in [7, 11) is 0. The number of hydrogen-bond acceptors (Lipinski definition) is 5. The molecule has 17 heavy (non-hydrogen) atoms. The molecular weight excluding hydrogens is 218 g/mol. The first-order valence-electron chi connectivity index (χ1n) is 6.56. The quantitative estimate of drug-likeness (QED) is 0.835. The zero-order valence-corrected chi connectivity index (χ0v) is 9.76. The lowest BCUT2D eigenvalue weighted by molar-refractivity contribution is 0.0208. The zero-order valence-electron chi connectivity index (χ0n) is 9.76. The van der Waals surface area contributed by atoms with Crippen molar-refractivity contribution in [3.05, 3.63) is 11.7 Å². The molecule has 92 valence electrons. The smallest absolute Gasteiger partial charge is 0.229 e. The summed E-state index contributed by atoms with van der Waals surface area (Å²) < 4.78 is 11.0. The van der Waals surface area contributed by atoms with E-state index in [0.717, 1.165) is 37.4 Å². The number of nitrogens with zero attached hydrogens (tertiary/aromatic N) is 2. The van der Waals surface area contributed by atoms with Gasteiger partial charge in [-0.25, -0.2) is 0 Å². The van der Waals surface area contributed by atoms with Crippen molar-refractivity contribution in [2.45, 2.75) is 31.3 Å². The fraction of sp³-hybridized carbons (Fsp3) is 0.833. The first-order chi connectivity index (χ1) is 8.40. The molecule has 1 aliphatic heterocycles. The van der Waals surface area contributed by atoms with E-state index >= 15 is 0 Å². The van der Waals surface area contributed by atoms with Crippen molar-refractivity contribution in [2.75, 3.05) is 19.7 Å². The van der Waals surface area contributed by atoms with Crippen LogP contribution in [0.15, 0.2) is 4.52 Å². The van der Waals surface area contributed by atoms with Crippen molar-refractivity contribution < 1.29 is 9.26 Å². The molecule has 1 aromatic rings. The van der Waals surface area contributed by atoms with E-state index in [0.29, 0.717) is 11.7 Å². The molecular formula is C12H17N3O2. The van der Waals surface area contributed by atoms with E-state index in [9.17, 15) is 0 Å². The van der Waals surface area contributed by atoms with Crippen molar-refractivity contribution >= 4 is 0 Å². The second-order valence-electron chi connectivity index (χ2n) is 5.48. The Morgan fingerprint density at radius 3 is 2.82 bits per heavy atom. The van der Waals surface area contributed by atoms with E-state index in [-0.39, 0.29) is 6.10 Å². The number of morpholine rings is 1. The molecule has 3 fully saturated rings. The minimum Gasteiger partial charge on any atom is -0.367 e. The highest BCUT2D eigenvalue weighted by Gasteiger charge is 2.48. The third-order valence-electron chi connectivity index (χ3n) is 4.27. The van der Waals surface area contributed by atoms with Gasteiger partial charge in [0.1, 0.15) is 6.10 Å². The number of aromatic nitrogens is 2. The van der Waals surface area contributed by atoms with Gasteiger partial charge in [-0.05, 0) is 31.1 Å². The van der Waals surface area contributed by atoms with Gasteiger partial charge in [-0.1, -0.05) is 5.16 Å². The Hall–Kier alpha value is -0.940. The predicted molar refractivity (Wildman–Crippen MR) is 59.4 cm³/mol. The second-order valence-corrected chi connectivity index (χ2v) is 5.48. The summed E-state index contributed by atoms with van der Waals surface area (Å²) >= 11 is 0. The molecule has 1 N–H and O–H groups in total. The van der Waals surface area contributed by atoms with Crippen molar-refractivity contribution in [1.82, 2.24) is 15.5 Å². The molecule has 0 spiro atoms. The summed E-state index contributed by atoms with van der Waals surface area (Å²) in [6.07, 6.45) is 3.89. The van der Waals surface area contributed by atoms with Gasteiger partial charge in [0.05, 0.1) is 6.61 Å². The summed E-state index contributed by atoms with van der Waals surface area (Å²) in [5, 5.41) is 7.35. The Bertz CT molecular complexity index is 387. The van der Waals surface area contributed by atoms with Crippen molar-refractivity contribution in [2.24, 2.45) is 11.8 Å². The topological polar surface area (TPSA) is 60.2 Å². The van der Waals surface area contributed by atoms with Gasteiger partial charge in [0.2, 0.25) is 11.7 Å². The number of hydrogen-bond donors (Lipinski definition) is 1. The standard InChI is InChI=1S/C12H17N3O2/c1-2-16-10(6-13-1)11-14-12(17-15-11)9-4-7-3-8(7)5-9/h7-10,13H,1-6H2. The van der Waals surface area contributed by atoms with Gasteiger partial charge in [0, 0.05) is 19.0 Å². The van der Waals surface area contributed by atoms with Crippen LogP contribution in [0.1, 0.15) is 43.0 Å². The third kappa shape index (κ3) is 1.77. The first kappa shape index (κ1) is 10.0. The van der Waals surface area contributed by atoms with Gasteiger partial charge in [-0.15, -0.1) is 0 Å². The normalized spacial score (nSPS) is 40.2. The summed E-state index contributed by atoms with van der Waals surface area (Å²) in [4.78, 5) is 4.53. The minimum atomic E-state index is -0.0304. The van der Waals surface area contributed by atoms with E-state index in [1.165, 1.54) is 19.3 Å². The average Bonchev–Trinajstić information content (AvgIpc) is 2.85. The van der Waals surface area contributed by atoms with Crippen LogP contribution in [0.5, 0.6) is 0 Å². The van der Waals surface area contributed by atoms with Crippen LogP contribution in [0.3, 0.4) is 0 Å². The van der Waals surface area contributed by atoms with Crippen LogP contribution in [-0.2, 0) is 4.74 Å². The van der Waals surface area contributed by atoms with E-state index in [1.54, 1.807) is 0 Å². The van der Waals surface area contributed by atoms with Gasteiger partial charge in [-0.2, -0.15) is 4.98 Å². The van der Waals surface area contributed by atoms with Crippen molar-refractivity contribution in [3.8, 4) is 0 Å². The van der Waals surface area contributed by atoms with Crippen LogP contribution in [-0.4, -0.2) is 29.8 Å². The summed E-state index contributed by atoms with van der Waals surface area (Å²) in [5.74, 6) is 3.96. The Labute approximate surface area is 99.9 Å². The van der Waals surface area contributed by atoms with Crippen LogP contribution < -0.4 is 5.32 Å². The monoisotopic (exact) mass is 235 g/mol. The van der Waals surface area contributed by atoms with Crippen LogP contribution in [0.2, 0.25) is 0 Å². The molecule has 5 heteroatoms. The lowest BCUT2D eigenvalue weighted by Crippen LogP contribution is -2.33. The molecule has 0 radical (unpaired) electrons. The Morgan fingerprint density at radius 2 is 2.06 bits per heavy atom. The maximum atomic E-state index is 5.62. The van der Waals surface area contributed by atoms with Crippen LogP contribution in [0.25, 0.3) is 0 Å². The number of rotatable bonds is 2.